The maximum absolute atomic E-state index is 13.3. The Morgan fingerprint density at radius 1 is 0.859 bits per heavy atom. The molecule has 10 rings (SSSR count). The summed E-state index contributed by atoms with van der Waals surface area (Å²) in [4.78, 5) is 52.0. The van der Waals surface area contributed by atoms with Crippen LogP contribution in [0.3, 0.4) is 0 Å². The summed E-state index contributed by atoms with van der Waals surface area (Å²) in [5.74, 6) is 1.17. The number of likely N-dealkylation sites (tertiary alicyclic amines) is 1. The van der Waals surface area contributed by atoms with Crippen molar-refractivity contribution in [2.75, 3.05) is 36.4 Å². The van der Waals surface area contributed by atoms with Crippen molar-refractivity contribution in [1.82, 2.24) is 44.9 Å². The Morgan fingerprint density at radius 2 is 1.62 bits per heavy atom. The molecule has 5 aliphatic rings. The molecule has 0 radical (unpaired) electrons. The number of fused-ring (bicyclic) bond motifs is 1. The number of carbonyl (C=O) groups is 3. The smallest absolute Gasteiger partial charge is 0.249 e. The van der Waals surface area contributed by atoms with Crippen LogP contribution in [0.1, 0.15) is 120 Å². The molecule has 1 atom stereocenters. The maximum Gasteiger partial charge on any atom is 0.249 e. The highest BCUT2D eigenvalue weighted by Crippen LogP contribution is 2.39. The lowest BCUT2D eigenvalue weighted by Gasteiger charge is -2.42. The number of hydrogen-bond acceptors (Lipinski definition) is 11. The van der Waals surface area contributed by atoms with Gasteiger partial charge in [0.15, 0.2) is 0 Å². The van der Waals surface area contributed by atoms with Gasteiger partial charge in [-0.3, -0.25) is 24.4 Å². The lowest BCUT2D eigenvalue weighted by Crippen LogP contribution is -2.52. The van der Waals surface area contributed by atoms with Crippen molar-refractivity contribution in [1.29, 1.82) is 5.26 Å². The molecule has 1 unspecified atom stereocenters. The van der Waals surface area contributed by atoms with Gasteiger partial charge >= 0.3 is 0 Å². The van der Waals surface area contributed by atoms with Crippen LogP contribution < -0.4 is 20.9 Å². The predicted molar refractivity (Wildman–Crippen MR) is 243 cm³/mol. The fourth-order valence-electron chi connectivity index (χ4n) is 10.8. The molecule has 5 fully saturated rings. The van der Waals surface area contributed by atoms with E-state index in [9.17, 15) is 19.6 Å². The fourth-order valence-corrected chi connectivity index (χ4v) is 10.8. The number of rotatable bonds is 11. The van der Waals surface area contributed by atoms with Gasteiger partial charge in [-0.25, -0.2) is 14.5 Å². The Bertz CT molecular complexity index is 2530. The molecular formula is C49H58N12O3. The Kier molecular flexibility index (Phi) is 11.6. The van der Waals surface area contributed by atoms with Gasteiger partial charge in [-0.15, -0.1) is 0 Å². The molecule has 2 aliphatic carbocycles. The van der Waals surface area contributed by atoms with Crippen molar-refractivity contribution in [3.8, 4) is 28.6 Å². The molecule has 1 aromatic carbocycles. The predicted octanol–water partition coefficient (Wildman–Crippen LogP) is 6.77. The topological polar surface area (TPSA) is 178 Å². The van der Waals surface area contributed by atoms with E-state index in [1.807, 2.05) is 30.7 Å². The SMILES string of the molecule is CCC1(C(=O)NC2CCC2)CCN(c2ccc(-c3nc(-c4cnn([C@H]5CC[C@H](N6CCC(c7ccc(NC8CCC(=O)NC8=O)cc7)CC6)CC5)c4)cn4ncc(C#N)c34)cn2)CC1. The largest absolute Gasteiger partial charge is 0.374 e. The van der Waals surface area contributed by atoms with E-state index in [4.69, 9.17) is 15.1 Å². The lowest BCUT2D eigenvalue weighted by molar-refractivity contribution is -0.134. The number of imide groups is 1. The minimum absolute atomic E-state index is 0.201. The molecule has 3 aliphatic heterocycles. The highest BCUT2D eigenvalue weighted by atomic mass is 16.2. The molecule has 5 aromatic rings. The maximum atomic E-state index is 13.3. The number of aromatic nitrogens is 6. The number of anilines is 2. The van der Waals surface area contributed by atoms with E-state index in [0.717, 1.165) is 125 Å². The van der Waals surface area contributed by atoms with Crippen molar-refractivity contribution in [2.24, 2.45) is 5.41 Å². The van der Waals surface area contributed by atoms with Crippen LogP contribution in [0.2, 0.25) is 0 Å². The van der Waals surface area contributed by atoms with Crippen molar-refractivity contribution in [2.45, 2.75) is 127 Å². The zero-order valence-electron chi connectivity index (χ0n) is 36.7. The van der Waals surface area contributed by atoms with Crippen LogP contribution in [0, 0.1) is 16.7 Å². The summed E-state index contributed by atoms with van der Waals surface area (Å²) in [7, 11) is 0. The summed E-state index contributed by atoms with van der Waals surface area (Å²) in [5.41, 5.74) is 6.13. The number of carbonyl (C=O) groups excluding carboxylic acids is 3. The number of nitriles is 1. The Balaban J connectivity index is 0.752. The van der Waals surface area contributed by atoms with E-state index >= 15 is 0 Å². The van der Waals surface area contributed by atoms with Crippen LogP contribution >= 0.6 is 0 Å². The number of hydrogen-bond donors (Lipinski definition) is 3. The van der Waals surface area contributed by atoms with Crippen LogP contribution in [0.25, 0.3) is 28.0 Å². The summed E-state index contributed by atoms with van der Waals surface area (Å²) >= 11 is 0. The molecule has 3 saturated heterocycles. The van der Waals surface area contributed by atoms with Crippen molar-refractivity contribution in [3.05, 3.63) is 78.5 Å². The van der Waals surface area contributed by atoms with Crippen molar-refractivity contribution < 1.29 is 14.4 Å². The number of nitrogens with one attached hydrogen (secondary N) is 3. The molecule has 2 saturated carbocycles. The van der Waals surface area contributed by atoms with Crippen LogP contribution in [0.5, 0.6) is 0 Å². The second-order valence-electron chi connectivity index (χ2n) is 18.8. The standard InChI is InChI=1S/C49H58N12O3/c1-2-49(48(64)55-37-4-3-5-37)20-24-59(25-21-49)43-16-8-34(27-51-43)45-46-35(26-50)28-53-61(46)31-42(56-45)36-29-52-60(30-36)40-13-11-39(12-14-40)58-22-18-33(19-23-58)32-6-9-38(10-7-32)54-41-15-17-44(62)57-47(41)63/h6-10,16,27-31,33,37,39-41,54H,2-5,11-15,17-25H2,1H3,(H,55,64)(H,57,62,63)/t39-,40-,41?. The first-order valence-electron chi connectivity index (χ1n) is 23.6. The summed E-state index contributed by atoms with van der Waals surface area (Å²) in [5, 5.41) is 28.4. The van der Waals surface area contributed by atoms with Gasteiger partial charge in [-0.05, 0) is 132 Å². The molecule has 332 valence electrons. The van der Waals surface area contributed by atoms with Gasteiger partial charge in [0.25, 0.3) is 0 Å². The second-order valence-corrected chi connectivity index (χ2v) is 18.8. The molecule has 0 bridgehead atoms. The first-order valence-corrected chi connectivity index (χ1v) is 23.6. The monoisotopic (exact) mass is 862 g/mol. The van der Waals surface area contributed by atoms with E-state index in [2.05, 4.69) is 79.0 Å². The quantitative estimate of drug-likeness (QED) is 0.119. The van der Waals surface area contributed by atoms with Gasteiger partial charge in [0.2, 0.25) is 17.7 Å². The van der Waals surface area contributed by atoms with Crippen LogP contribution in [0.15, 0.2) is 67.4 Å². The number of amides is 3. The van der Waals surface area contributed by atoms with E-state index in [1.165, 1.54) is 12.0 Å². The number of pyridine rings is 1. The Labute approximate surface area is 374 Å². The normalized spacial score (nSPS) is 23.3. The van der Waals surface area contributed by atoms with Gasteiger partial charge < -0.3 is 20.4 Å². The molecule has 15 heteroatoms. The summed E-state index contributed by atoms with van der Waals surface area (Å²) in [6.45, 7) is 5.87. The zero-order chi connectivity index (χ0) is 43.8. The highest BCUT2D eigenvalue weighted by Gasteiger charge is 2.41. The highest BCUT2D eigenvalue weighted by molar-refractivity contribution is 6.01. The summed E-state index contributed by atoms with van der Waals surface area (Å²) in [6.07, 6.45) is 22.7. The number of nitrogens with zero attached hydrogens (tertiary/aromatic N) is 9. The summed E-state index contributed by atoms with van der Waals surface area (Å²) < 4.78 is 3.86. The Hall–Kier alpha value is -6.14. The zero-order valence-corrected chi connectivity index (χ0v) is 36.7. The molecule has 64 heavy (non-hydrogen) atoms. The molecule has 3 N–H and O–H groups in total. The van der Waals surface area contributed by atoms with E-state index in [0.29, 0.717) is 53.7 Å². The van der Waals surface area contributed by atoms with Crippen LogP contribution in [0.4, 0.5) is 11.5 Å². The van der Waals surface area contributed by atoms with E-state index < -0.39 is 0 Å². The molecule has 7 heterocycles. The minimum Gasteiger partial charge on any atom is -0.374 e. The van der Waals surface area contributed by atoms with Gasteiger partial charge in [0.1, 0.15) is 29.0 Å². The van der Waals surface area contributed by atoms with E-state index in [1.54, 1.807) is 10.7 Å². The average Bonchev–Trinajstić information content (AvgIpc) is 4.00. The first-order chi connectivity index (χ1) is 31.3. The molecule has 4 aromatic heterocycles. The van der Waals surface area contributed by atoms with Crippen LogP contribution in [-0.2, 0) is 14.4 Å². The van der Waals surface area contributed by atoms with Crippen molar-refractivity contribution >= 4 is 34.7 Å². The second kappa shape index (κ2) is 17.8. The first kappa shape index (κ1) is 41.8. The van der Waals surface area contributed by atoms with Gasteiger partial charge in [-0.2, -0.15) is 15.5 Å². The molecular weight excluding hydrogens is 805 g/mol. The number of piperidine rings is 3. The minimum atomic E-state index is -0.374. The third-order valence-corrected chi connectivity index (χ3v) is 15.2. The van der Waals surface area contributed by atoms with Gasteiger partial charge in [-0.1, -0.05) is 19.1 Å². The molecule has 15 nitrogen and oxygen atoms in total. The van der Waals surface area contributed by atoms with Gasteiger partial charge in [0.05, 0.1) is 41.4 Å². The lowest BCUT2D eigenvalue weighted by atomic mass is 9.74. The average molecular weight is 863 g/mol. The molecule has 3 amide bonds. The van der Waals surface area contributed by atoms with Gasteiger partial charge in [0, 0.05) is 60.8 Å². The molecule has 0 spiro atoms. The third kappa shape index (κ3) is 8.35. The van der Waals surface area contributed by atoms with Crippen LogP contribution in [-0.4, -0.2) is 96.3 Å². The van der Waals surface area contributed by atoms with Crippen molar-refractivity contribution in [3.63, 3.8) is 0 Å². The summed E-state index contributed by atoms with van der Waals surface area (Å²) in [6, 6.07) is 15.7. The Morgan fingerprint density at radius 3 is 2.30 bits per heavy atom. The third-order valence-electron chi connectivity index (χ3n) is 15.2. The fraction of sp³-hybridized carbons (Fsp3) is 0.510. The van der Waals surface area contributed by atoms with E-state index in [-0.39, 0.29) is 29.2 Å². The number of benzene rings is 1.